The third kappa shape index (κ3) is 3.81. The van der Waals surface area contributed by atoms with E-state index in [9.17, 15) is 4.79 Å². The van der Waals surface area contributed by atoms with Gasteiger partial charge in [0.25, 0.3) is 0 Å². The maximum Gasteiger partial charge on any atom is 0.230 e. The molecular weight excluding hydrogens is 394 g/mol. The van der Waals surface area contributed by atoms with E-state index in [-0.39, 0.29) is 11.7 Å². The van der Waals surface area contributed by atoms with Crippen LogP contribution in [-0.2, 0) is 17.9 Å². The monoisotopic (exact) mass is 411 g/mol. The van der Waals surface area contributed by atoms with Gasteiger partial charge in [-0.1, -0.05) is 53.7 Å². The normalized spacial score (nSPS) is 11.2. The second-order valence-corrected chi connectivity index (χ2v) is 7.60. The first-order valence-electron chi connectivity index (χ1n) is 8.91. The minimum atomic E-state index is -0.0836. The lowest BCUT2D eigenvalue weighted by Gasteiger charge is -2.05. The molecule has 2 aromatic heterocycles. The zero-order valence-electron chi connectivity index (χ0n) is 15.2. The summed E-state index contributed by atoms with van der Waals surface area (Å²) in [6.07, 6.45) is 0. The molecule has 1 N–H and O–H groups in total. The Morgan fingerprint density at radius 2 is 1.93 bits per heavy atom. The van der Waals surface area contributed by atoms with E-state index in [0.717, 1.165) is 34.2 Å². The van der Waals surface area contributed by atoms with Crippen LogP contribution in [0.1, 0.15) is 12.5 Å². The van der Waals surface area contributed by atoms with Crippen molar-refractivity contribution in [2.24, 2.45) is 0 Å². The SMILES string of the molecule is CCn1c2ccccc2c2nnc(SCC(=O)NCc3ccc(Cl)cc3)nc21. The van der Waals surface area contributed by atoms with Crippen molar-refractivity contribution in [3.63, 3.8) is 0 Å². The van der Waals surface area contributed by atoms with Gasteiger partial charge < -0.3 is 9.88 Å². The molecule has 0 spiro atoms. The van der Waals surface area contributed by atoms with Gasteiger partial charge in [-0.25, -0.2) is 4.98 Å². The highest BCUT2D eigenvalue weighted by molar-refractivity contribution is 7.99. The number of nitrogens with zero attached hydrogens (tertiary/aromatic N) is 4. The summed E-state index contributed by atoms with van der Waals surface area (Å²) in [5.74, 6) is 0.146. The standard InChI is InChI=1S/C20H18ClN5OS/c1-2-26-16-6-4-3-5-15(16)18-19(26)23-20(25-24-18)28-12-17(27)22-11-13-7-9-14(21)10-8-13/h3-10H,2,11-12H2,1H3,(H,22,27). The number of hydrogen-bond donors (Lipinski definition) is 1. The first kappa shape index (κ1) is 18.7. The summed E-state index contributed by atoms with van der Waals surface area (Å²) in [5, 5.41) is 13.7. The molecule has 2 heterocycles. The van der Waals surface area contributed by atoms with E-state index in [4.69, 9.17) is 11.6 Å². The molecular formula is C20H18ClN5OS. The Labute approximate surface area is 171 Å². The summed E-state index contributed by atoms with van der Waals surface area (Å²) in [5.41, 5.74) is 3.66. The summed E-state index contributed by atoms with van der Waals surface area (Å²) in [7, 11) is 0. The molecule has 28 heavy (non-hydrogen) atoms. The number of para-hydroxylation sites is 1. The number of fused-ring (bicyclic) bond motifs is 3. The first-order chi connectivity index (χ1) is 13.7. The van der Waals surface area contributed by atoms with Crippen molar-refractivity contribution in [2.45, 2.75) is 25.2 Å². The molecule has 4 rings (SSSR count). The summed E-state index contributed by atoms with van der Waals surface area (Å²) in [6, 6.07) is 15.5. The smallest absolute Gasteiger partial charge is 0.230 e. The molecule has 0 bridgehead atoms. The Kier molecular flexibility index (Phi) is 5.45. The molecule has 0 radical (unpaired) electrons. The van der Waals surface area contributed by atoms with E-state index in [2.05, 4.69) is 38.1 Å². The van der Waals surface area contributed by atoms with Gasteiger partial charge in [0.2, 0.25) is 11.1 Å². The second kappa shape index (κ2) is 8.16. The summed E-state index contributed by atoms with van der Waals surface area (Å²) >= 11 is 7.15. The molecule has 0 saturated carbocycles. The predicted octanol–water partition coefficient (Wildman–Crippen LogP) is 4.06. The number of hydrogen-bond acceptors (Lipinski definition) is 5. The fourth-order valence-corrected chi connectivity index (χ4v) is 3.79. The predicted molar refractivity (Wildman–Crippen MR) is 113 cm³/mol. The molecule has 0 fully saturated rings. The summed E-state index contributed by atoms with van der Waals surface area (Å²) in [4.78, 5) is 16.8. The number of aryl methyl sites for hydroxylation is 1. The van der Waals surface area contributed by atoms with Crippen molar-refractivity contribution in [2.75, 3.05) is 5.75 Å². The molecule has 1 amide bonds. The number of thioether (sulfide) groups is 1. The van der Waals surface area contributed by atoms with Gasteiger partial charge >= 0.3 is 0 Å². The molecule has 8 heteroatoms. The average molecular weight is 412 g/mol. The fourth-order valence-electron chi connectivity index (χ4n) is 3.05. The molecule has 0 atom stereocenters. The van der Waals surface area contributed by atoms with E-state index in [1.54, 1.807) is 12.1 Å². The Morgan fingerprint density at radius 1 is 1.14 bits per heavy atom. The van der Waals surface area contributed by atoms with Crippen molar-refractivity contribution in [3.05, 3.63) is 59.1 Å². The molecule has 0 aliphatic rings. The number of aromatic nitrogens is 4. The molecule has 4 aromatic rings. The van der Waals surface area contributed by atoms with E-state index in [1.165, 1.54) is 11.8 Å². The quantitative estimate of drug-likeness (QED) is 0.484. The number of amides is 1. The molecule has 0 saturated heterocycles. The van der Waals surface area contributed by atoms with E-state index in [1.807, 2.05) is 30.3 Å². The number of rotatable bonds is 6. The highest BCUT2D eigenvalue weighted by Crippen LogP contribution is 2.26. The highest BCUT2D eigenvalue weighted by atomic mass is 35.5. The maximum absolute atomic E-state index is 12.1. The van der Waals surface area contributed by atoms with Crippen molar-refractivity contribution in [1.29, 1.82) is 0 Å². The van der Waals surface area contributed by atoms with Crippen LogP contribution in [0.15, 0.2) is 53.7 Å². The van der Waals surface area contributed by atoms with Gasteiger partial charge in [-0.05, 0) is 30.7 Å². The number of halogens is 1. The van der Waals surface area contributed by atoms with E-state index < -0.39 is 0 Å². The van der Waals surface area contributed by atoms with Gasteiger partial charge in [0.15, 0.2) is 5.65 Å². The first-order valence-corrected chi connectivity index (χ1v) is 10.3. The Bertz CT molecular complexity index is 1140. The summed E-state index contributed by atoms with van der Waals surface area (Å²) in [6.45, 7) is 3.32. The highest BCUT2D eigenvalue weighted by Gasteiger charge is 2.14. The van der Waals surface area contributed by atoms with E-state index in [0.29, 0.717) is 16.7 Å². The van der Waals surface area contributed by atoms with Crippen molar-refractivity contribution in [3.8, 4) is 0 Å². The van der Waals surface area contributed by atoms with Gasteiger partial charge in [0.1, 0.15) is 5.52 Å². The third-order valence-corrected chi connectivity index (χ3v) is 5.50. The maximum atomic E-state index is 12.1. The third-order valence-electron chi connectivity index (χ3n) is 4.41. The lowest BCUT2D eigenvalue weighted by Crippen LogP contribution is -2.24. The Hall–Kier alpha value is -2.64. The summed E-state index contributed by atoms with van der Waals surface area (Å²) < 4.78 is 2.12. The van der Waals surface area contributed by atoms with Crippen LogP contribution in [0, 0.1) is 0 Å². The molecule has 0 aliphatic heterocycles. The van der Waals surface area contributed by atoms with Crippen molar-refractivity contribution < 1.29 is 4.79 Å². The largest absolute Gasteiger partial charge is 0.351 e. The van der Waals surface area contributed by atoms with Gasteiger partial charge in [0, 0.05) is 23.5 Å². The lowest BCUT2D eigenvalue weighted by atomic mass is 10.2. The van der Waals surface area contributed by atoms with Crippen LogP contribution in [0.5, 0.6) is 0 Å². The number of nitrogens with one attached hydrogen (secondary N) is 1. The van der Waals surface area contributed by atoms with Crippen LogP contribution in [0.25, 0.3) is 22.1 Å². The number of benzene rings is 2. The molecule has 2 aromatic carbocycles. The average Bonchev–Trinajstić information content (AvgIpc) is 3.04. The van der Waals surface area contributed by atoms with Crippen LogP contribution < -0.4 is 5.32 Å². The van der Waals surface area contributed by atoms with Crippen LogP contribution in [0.2, 0.25) is 5.02 Å². The molecule has 0 unspecified atom stereocenters. The molecule has 142 valence electrons. The topological polar surface area (TPSA) is 72.7 Å². The van der Waals surface area contributed by atoms with Crippen LogP contribution in [-0.4, -0.2) is 31.4 Å². The number of carbonyl (C=O) groups excluding carboxylic acids is 1. The van der Waals surface area contributed by atoms with Gasteiger partial charge in [-0.15, -0.1) is 10.2 Å². The Morgan fingerprint density at radius 3 is 2.71 bits per heavy atom. The second-order valence-electron chi connectivity index (χ2n) is 6.22. The van der Waals surface area contributed by atoms with Crippen molar-refractivity contribution in [1.82, 2.24) is 25.1 Å². The lowest BCUT2D eigenvalue weighted by molar-refractivity contribution is -0.118. The van der Waals surface area contributed by atoms with E-state index >= 15 is 0 Å². The number of carbonyl (C=O) groups is 1. The zero-order valence-corrected chi connectivity index (χ0v) is 16.8. The van der Waals surface area contributed by atoms with Gasteiger partial charge in [-0.3, -0.25) is 4.79 Å². The fraction of sp³-hybridized carbons (Fsp3) is 0.200. The Balaban J connectivity index is 1.45. The van der Waals surface area contributed by atoms with Crippen LogP contribution >= 0.6 is 23.4 Å². The van der Waals surface area contributed by atoms with Crippen LogP contribution in [0.4, 0.5) is 0 Å². The van der Waals surface area contributed by atoms with Gasteiger partial charge in [0.05, 0.1) is 11.3 Å². The zero-order chi connectivity index (χ0) is 19.5. The minimum Gasteiger partial charge on any atom is -0.351 e. The minimum absolute atomic E-state index is 0.0836. The van der Waals surface area contributed by atoms with Crippen molar-refractivity contribution >= 4 is 51.3 Å². The molecule has 6 nitrogen and oxygen atoms in total. The molecule has 0 aliphatic carbocycles. The van der Waals surface area contributed by atoms with Gasteiger partial charge in [-0.2, -0.15) is 0 Å². The van der Waals surface area contributed by atoms with Crippen LogP contribution in [0.3, 0.4) is 0 Å².